The van der Waals surface area contributed by atoms with Gasteiger partial charge in [0.1, 0.15) is 18.1 Å². The first kappa shape index (κ1) is 47.2. The Morgan fingerprint density at radius 1 is 0.923 bits per heavy atom. The Balaban J connectivity index is 1.14. The van der Waals surface area contributed by atoms with Gasteiger partial charge in [0.05, 0.1) is 30.1 Å². The van der Waals surface area contributed by atoms with Crippen molar-refractivity contribution in [1.82, 2.24) is 36.0 Å². The van der Waals surface area contributed by atoms with E-state index >= 15 is 0 Å². The Bertz CT molecular complexity index is 2240. The quantitative estimate of drug-likeness (QED) is 0.146. The van der Waals surface area contributed by atoms with E-state index in [1.807, 2.05) is 66.7 Å². The average Bonchev–Trinajstić information content (AvgIpc) is 3.98. The van der Waals surface area contributed by atoms with Crippen LogP contribution < -0.4 is 21.3 Å². The lowest BCUT2D eigenvalue weighted by molar-refractivity contribution is -0.144. The molecule has 7 rings (SSSR count). The maximum Gasteiger partial charge on any atom is 0.407 e. The highest BCUT2D eigenvalue weighted by Gasteiger charge is 2.54. The molecule has 15 heteroatoms. The molecule has 3 unspecified atom stereocenters. The second kappa shape index (κ2) is 19.7. The molecule has 0 aromatic heterocycles. The lowest BCUT2D eigenvalue weighted by atomic mass is 9.85. The second-order valence-electron chi connectivity index (χ2n) is 19.5. The van der Waals surface area contributed by atoms with Crippen LogP contribution >= 0.6 is 0 Å². The number of rotatable bonds is 15. The molecule has 5 N–H and O–H groups in total. The molecule has 2 heterocycles. The van der Waals surface area contributed by atoms with Gasteiger partial charge in [-0.1, -0.05) is 99.6 Å². The molecule has 6 amide bonds. The summed E-state index contributed by atoms with van der Waals surface area (Å²) >= 11 is 0. The van der Waals surface area contributed by atoms with Gasteiger partial charge in [-0.2, -0.15) is 0 Å². The van der Waals surface area contributed by atoms with Gasteiger partial charge >= 0.3 is 6.09 Å². The lowest BCUT2D eigenvalue weighted by Crippen LogP contribution is -2.60. The van der Waals surface area contributed by atoms with E-state index in [0.29, 0.717) is 25.8 Å². The highest BCUT2D eigenvalue weighted by atomic mass is 16.5. The topological polar surface area (TPSA) is 190 Å². The van der Waals surface area contributed by atoms with Crippen LogP contribution in [0.1, 0.15) is 99.7 Å². The van der Waals surface area contributed by atoms with E-state index in [2.05, 4.69) is 33.4 Å². The van der Waals surface area contributed by atoms with Crippen molar-refractivity contribution in [2.45, 2.75) is 121 Å². The molecule has 0 spiro atoms. The molecule has 65 heavy (non-hydrogen) atoms. The number of aryl methyl sites for hydroxylation is 1. The van der Waals surface area contributed by atoms with Crippen LogP contribution in [0.5, 0.6) is 0 Å². The number of carbonyl (C=O) groups is 6. The van der Waals surface area contributed by atoms with Crippen molar-refractivity contribution in [2.24, 2.45) is 10.8 Å². The van der Waals surface area contributed by atoms with Crippen LogP contribution in [0.3, 0.4) is 0 Å². The Morgan fingerprint density at radius 3 is 2.25 bits per heavy atom. The summed E-state index contributed by atoms with van der Waals surface area (Å²) in [6.45, 7) is 7.73. The first-order valence-electron chi connectivity index (χ1n) is 22.9. The van der Waals surface area contributed by atoms with Crippen molar-refractivity contribution >= 4 is 35.6 Å². The third kappa shape index (κ3) is 10.5. The molecule has 0 bridgehead atoms. The third-order valence-corrected chi connectivity index (χ3v) is 13.9. The zero-order chi connectivity index (χ0) is 46.6. The Labute approximate surface area is 382 Å². The van der Waals surface area contributed by atoms with Crippen molar-refractivity contribution in [3.8, 4) is 0 Å². The molecule has 3 aromatic carbocycles. The zero-order valence-electron chi connectivity index (χ0n) is 38.5. The van der Waals surface area contributed by atoms with Gasteiger partial charge in [0, 0.05) is 39.8 Å². The maximum absolute atomic E-state index is 14.8. The Morgan fingerprint density at radius 2 is 1.58 bits per heavy atom. The van der Waals surface area contributed by atoms with Crippen molar-refractivity contribution in [3.05, 3.63) is 107 Å². The predicted octanol–water partition coefficient (Wildman–Crippen LogP) is 4.51. The minimum absolute atomic E-state index is 0.00259. The van der Waals surface area contributed by atoms with E-state index in [9.17, 15) is 33.9 Å². The van der Waals surface area contributed by atoms with E-state index in [4.69, 9.17) is 4.74 Å². The van der Waals surface area contributed by atoms with E-state index in [-0.39, 0.29) is 49.9 Å². The molecule has 2 fully saturated rings. The van der Waals surface area contributed by atoms with Gasteiger partial charge in [0.2, 0.25) is 29.5 Å². The molecule has 1 saturated heterocycles. The summed E-state index contributed by atoms with van der Waals surface area (Å²) in [7, 11) is 2.88. The molecule has 15 nitrogen and oxygen atoms in total. The standard InChI is InChI=1S/C50H65N7O8/c1-31(55(5)48(63)64)43(58)54-42(49(2,3)4)46(61)56-28-36(26-40(56)44(59)53-38-22-14-20-32-15-12-13-21-37(32)38)52-47(62)50(23-24-50)30-57(41(29-65-6)33-16-8-7-9-17-33)45(60)39-25-34-18-10-11-19-35(34)27-51-39/h7-13,15-19,21,31,36,38-42,51H,14,20,22-30H2,1-6H3,(H,52,62)(H,53,59)(H,54,58)(H,63,64)/t31?,36-,38+,39?,40-,41+,42?/m0/s1. The maximum atomic E-state index is 14.8. The van der Waals surface area contributed by atoms with Crippen LogP contribution in [0.4, 0.5) is 4.79 Å². The summed E-state index contributed by atoms with van der Waals surface area (Å²) in [6.07, 6.45) is 2.94. The molecular weight excluding hydrogens is 827 g/mol. The van der Waals surface area contributed by atoms with Crippen molar-refractivity contribution in [1.29, 1.82) is 0 Å². The summed E-state index contributed by atoms with van der Waals surface area (Å²) in [5.41, 5.74) is 3.57. The first-order chi connectivity index (χ1) is 31.0. The van der Waals surface area contributed by atoms with Gasteiger partial charge in [0.25, 0.3) is 0 Å². The number of amides is 6. The number of fused-ring (bicyclic) bond motifs is 2. The lowest BCUT2D eigenvalue weighted by Gasteiger charge is -2.38. The number of carbonyl (C=O) groups excluding carboxylic acids is 5. The molecule has 7 atom stereocenters. The molecule has 4 aliphatic rings. The number of nitrogens with zero attached hydrogens (tertiary/aromatic N) is 3. The summed E-state index contributed by atoms with van der Waals surface area (Å²) in [4.78, 5) is 88.3. The SMILES string of the molecule is COC[C@H](c1ccccc1)N(CC1(C(=O)N[C@H]2C[C@@H](C(=O)N[C@@H]3CCCc4ccccc43)N(C(=O)C(NC(=O)C(C)N(C)C(=O)O)C(C)(C)C)C2)CC1)C(=O)C1Cc2ccccc2CN1. The highest BCUT2D eigenvalue weighted by Crippen LogP contribution is 2.48. The van der Waals surface area contributed by atoms with Gasteiger partial charge in [-0.15, -0.1) is 0 Å². The van der Waals surface area contributed by atoms with Gasteiger partial charge in [-0.3, -0.25) is 28.9 Å². The smallest absolute Gasteiger partial charge is 0.407 e. The number of methoxy groups -OCH3 is 1. The fourth-order valence-corrected chi connectivity index (χ4v) is 9.67. The van der Waals surface area contributed by atoms with E-state index in [1.54, 1.807) is 32.8 Å². The van der Waals surface area contributed by atoms with E-state index in [0.717, 1.165) is 52.0 Å². The summed E-state index contributed by atoms with van der Waals surface area (Å²) in [5.74, 6) is -1.91. The van der Waals surface area contributed by atoms with Crippen LogP contribution in [0.2, 0.25) is 0 Å². The van der Waals surface area contributed by atoms with Crippen molar-refractivity contribution in [2.75, 3.05) is 33.9 Å². The molecule has 2 aliphatic heterocycles. The summed E-state index contributed by atoms with van der Waals surface area (Å²) < 4.78 is 5.74. The zero-order valence-corrected chi connectivity index (χ0v) is 38.5. The van der Waals surface area contributed by atoms with Gasteiger partial charge in [0.15, 0.2) is 0 Å². The average molecular weight is 892 g/mol. The van der Waals surface area contributed by atoms with Crippen LogP contribution in [0.15, 0.2) is 78.9 Å². The van der Waals surface area contributed by atoms with Crippen LogP contribution in [-0.4, -0.2) is 119 Å². The van der Waals surface area contributed by atoms with Crippen LogP contribution in [0, 0.1) is 10.8 Å². The largest absolute Gasteiger partial charge is 0.465 e. The highest BCUT2D eigenvalue weighted by molar-refractivity contribution is 5.95. The van der Waals surface area contributed by atoms with E-state index < -0.39 is 65.0 Å². The number of carboxylic acid groups (broad SMARTS) is 1. The monoisotopic (exact) mass is 891 g/mol. The van der Waals surface area contributed by atoms with Crippen molar-refractivity contribution < 1.29 is 38.6 Å². The number of likely N-dealkylation sites (tertiary alicyclic amines) is 1. The van der Waals surface area contributed by atoms with Crippen LogP contribution in [0.25, 0.3) is 0 Å². The molecule has 0 radical (unpaired) electrons. The number of benzene rings is 3. The Kier molecular flexibility index (Phi) is 14.3. The molecule has 2 aliphatic carbocycles. The van der Waals surface area contributed by atoms with Crippen LogP contribution in [-0.2, 0) is 48.1 Å². The fourth-order valence-electron chi connectivity index (χ4n) is 9.67. The van der Waals surface area contributed by atoms with Gasteiger partial charge in [-0.25, -0.2) is 4.79 Å². The molecule has 1 saturated carbocycles. The van der Waals surface area contributed by atoms with Gasteiger partial charge < -0.3 is 40.9 Å². The second-order valence-corrected chi connectivity index (χ2v) is 19.5. The van der Waals surface area contributed by atoms with E-state index in [1.165, 1.54) is 18.9 Å². The predicted molar refractivity (Wildman–Crippen MR) is 244 cm³/mol. The number of hydrogen-bond donors (Lipinski definition) is 5. The number of likely N-dealkylation sites (N-methyl/N-ethyl adjacent to an activating group) is 1. The number of nitrogens with one attached hydrogen (secondary N) is 4. The summed E-state index contributed by atoms with van der Waals surface area (Å²) in [5, 5.41) is 22.3. The minimum Gasteiger partial charge on any atom is -0.465 e. The van der Waals surface area contributed by atoms with Gasteiger partial charge in [-0.05, 0) is 85.1 Å². The Hall–Kier alpha value is -5.80. The first-order valence-corrected chi connectivity index (χ1v) is 22.9. The third-order valence-electron chi connectivity index (χ3n) is 13.9. The fraction of sp³-hybridized carbons (Fsp3) is 0.520. The molecular formula is C50H65N7O8. The molecule has 3 aromatic rings. The van der Waals surface area contributed by atoms with Crippen molar-refractivity contribution in [3.63, 3.8) is 0 Å². The summed E-state index contributed by atoms with van der Waals surface area (Å²) in [6, 6.07) is 20.7. The minimum atomic E-state index is -1.29. The normalized spacial score (nSPS) is 22.2. The number of hydrogen-bond acceptors (Lipinski definition) is 8. The number of ether oxygens (including phenoxy) is 1. The molecule has 348 valence electrons.